The van der Waals surface area contributed by atoms with Crippen molar-refractivity contribution in [3.05, 3.63) is 59.9 Å². The lowest BCUT2D eigenvalue weighted by molar-refractivity contribution is -0.126. The van der Waals surface area contributed by atoms with Crippen LogP contribution in [0.2, 0.25) is 0 Å². The Hall–Kier alpha value is -3.09. The molecule has 0 spiro atoms. The number of hydrogen-bond acceptors (Lipinski definition) is 3. The third-order valence-corrected chi connectivity index (χ3v) is 5.53. The van der Waals surface area contributed by atoms with E-state index >= 15 is 0 Å². The van der Waals surface area contributed by atoms with Crippen molar-refractivity contribution in [1.29, 1.82) is 0 Å². The van der Waals surface area contributed by atoms with Crippen LogP contribution in [0, 0.1) is 5.92 Å². The lowest BCUT2D eigenvalue weighted by atomic mass is 9.98. The highest BCUT2D eigenvalue weighted by Crippen LogP contribution is 2.15. The van der Waals surface area contributed by atoms with Gasteiger partial charge < -0.3 is 20.1 Å². The van der Waals surface area contributed by atoms with E-state index in [2.05, 4.69) is 10.6 Å². The second-order valence-electron chi connectivity index (χ2n) is 7.73. The Morgan fingerprint density at radius 2 is 1.90 bits per heavy atom. The highest BCUT2D eigenvalue weighted by molar-refractivity contribution is 5.93. The molecule has 7 heteroatoms. The zero-order valence-electron chi connectivity index (χ0n) is 17.5. The van der Waals surface area contributed by atoms with E-state index in [1.54, 1.807) is 15.5 Å². The number of aryl methyl sites for hydroxylation is 1. The second-order valence-corrected chi connectivity index (χ2v) is 7.73. The van der Waals surface area contributed by atoms with E-state index in [0.29, 0.717) is 51.1 Å². The van der Waals surface area contributed by atoms with E-state index < -0.39 is 0 Å². The molecule has 1 atom stereocenters. The number of amides is 3. The molecule has 2 N–H and O–H groups in total. The van der Waals surface area contributed by atoms with Crippen LogP contribution in [0.5, 0.6) is 0 Å². The van der Waals surface area contributed by atoms with E-state index in [1.807, 2.05) is 49.6 Å². The minimum atomic E-state index is -0.195. The molecule has 0 saturated carbocycles. The number of nitrogens with zero attached hydrogens (tertiary/aromatic N) is 2. The topological polar surface area (TPSA) is 83.4 Å². The molecule has 3 amide bonds. The van der Waals surface area contributed by atoms with Crippen LogP contribution in [0.1, 0.15) is 41.7 Å². The van der Waals surface area contributed by atoms with E-state index in [-0.39, 0.29) is 30.1 Å². The summed E-state index contributed by atoms with van der Waals surface area (Å²) in [5.41, 5.74) is 1.65. The number of rotatable bonds is 4. The summed E-state index contributed by atoms with van der Waals surface area (Å²) in [7, 11) is 1.83. The Labute approximate surface area is 177 Å². The number of hydrogen-bond donors (Lipinski definition) is 2. The minimum Gasteiger partial charge on any atom is -0.356 e. The summed E-state index contributed by atoms with van der Waals surface area (Å²) in [6.45, 7) is 1.86. The molecule has 1 aliphatic rings. The first-order valence-electron chi connectivity index (χ1n) is 10.5. The summed E-state index contributed by atoms with van der Waals surface area (Å²) >= 11 is 0. The van der Waals surface area contributed by atoms with Gasteiger partial charge in [-0.15, -0.1) is 0 Å². The molecule has 0 bridgehead atoms. The summed E-state index contributed by atoms with van der Waals surface area (Å²) in [6, 6.07) is 13.4. The largest absolute Gasteiger partial charge is 0.356 e. The molecule has 1 aromatic carbocycles. The molecular weight excluding hydrogens is 380 g/mol. The Bertz CT molecular complexity index is 862. The maximum absolute atomic E-state index is 12.9. The van der Waals surface area contributed by atoms with Crippen LogP contribution < -0.4 is 10.6 Å². The van der Waals surface area contributed by atoms with Crippen LogP contribution in [0.15, 0.2) is 48.7 Å². The van der Waals surface area contributed by atoms with Crippen molar-refractivity contribution >= 4 is 17.7 Å². The van der Waals surface area contributed by atoms with Crippen LogP contribution in [-0.4, -0.2) is 46.8 Å². The fourth-order valence-corrected chi connectivity index (χ4v) is 3.74. The molecule has 1 aliphatic heterocycles. The van der Waals surface area contributed by atoms with E-state index in [4.69, 9.17) is 0 Å². The van der Waals surface area contributed by atoms with Gasteiger partial charge in [-0.25, -0.2) is 0 Å². The number of nitrogens with one attached hydrogen (secondary N) is 2. The predicted octanol–water partition coefficient (Wildman–Crippen LogP) is 2.09. The smallest absolute Gasteiger partial charge is 0.270 e. The fraction of sp³-hybridized carbons (Fsp3) is 0.435. The average Bonchev–Trinajstić information content (AvgIpc) is 3.17. The molecule has 1 saturated heterocycles. The van der Waals surface area contributed by atoms with Gasteiger partial charge in [0, 0.05) is 51.8 Å². The Morgan fingerprint density at radius 1 is 1.10 bits per heavy atom. The van der Waals surface area contributed by atoms with Crippen molar-refractivity contribution in [3.63, 3.8) is 0 Å². The van der Waals surface area contributed by atoms with Crippen molar-refractivity contribution in [3.8, 4) is 0 Å². The van der Waals surface area contributed by atoms with Crippen molar-refractivity contribution in [2.75, 3.05) is 19.6 Å². The normalized spacial score (nSPS) is 18.2. The van der Waals surface area contributed by atoms with Gasteiger partial charge in [0.1, 0.15) is 5.69 Å². The summed E-state index contributed by atoms with van der Waals surface area (Å²) in [6.07, 6.45) is 4.08. The van der Waals surface area contributed by atoms with Crippen LogP contribution >= 0.6 is 0 Å². The third-order valence-electron chi connectivity index (χ3n) is 5.53. The van der Waals surface area contributed by atoms with Crippen molar-refractivity contribution < 1.29 is 14.4 Å². The highest BCUT2D eigenvalue weighted by Gasteiger charge is 2.23. The SMILES string of the molecule is Cn1cccc1C(=O)N1CCCC(C(=O)NCc2ccccc2)CCNC(=O)CC1. The summed E-state index contributed by atoms with van der Waals surface area (Å²) in [4.78, 5) is 39.5. The Morgan fingerprint density at radius 3 is 2.63 bits per heavy atom. The van der Waals surface area contributed by atoms with Gasteiger partial charge in [-0.2, -0.15) is 0 Å². The number of aromatic nitrogens is 1. The first-order valence-corrected chi connectivity index (χ1v) is 10.5. The van der Waals surface area contributed by atoms with Crippen LogP contribution in [-0.2, 0) is 23.2 Å². The second kappa shape index (κ2) is 10.6. The maximum Gasteiger partial charge on any atom is 0.270 e. The number of carbonyl (C=O) groups is 3. The maximum atomic E-state index is 12.9. The molecule has 30 heavy (non-hydrogen) atoms. The molecule has 2 aromatic rings. The quantitative estimate of drug-likeness (QED) is 0.810. The van der Waals surface area contributed by atoms with Crippen LogP contribution in [0.25, 0.3) is 0 Å². The van der Waals surface area contributed by atoms with Gasteiger partial charge in [-0.05, 0) is 37.0 Å². The third kappa shape index (κ3) is 5.95. The van der Waals surface area contributed by atoms with Crippen molar-refractivity contribution in [2.45, 2.75) is 32.2 Å². The molecule has 7 nitrogen and oxygen atoms in total. The van der Waals surface area contributed by atoms with E-state index in [1.165, 1.54) is 0 Å². The molecule has 160 valence electrons. The van der Waals surface area contributed by atoms with Gasteiger partial charge in [-0.1, -0.05) is 30.3 Å². The van der Waals surface area contributed by atoms with Crippen LogP contribution in [0.4, 0.5) is 0 Å². The molecule has 2 heterocycles. The first-order chi connectivity index (χ1) is 14.5. The lowest BCUT2D eigenvalue weighted by Gasteiger charge is -2.23. The number of benzene rings is 1. The van der Waals surface area contributed by atoms with E-state index in [9.17, 15) is 14.4 Å². The first kappa shape index (κ1) is 21.6. The van der Waals surface area contributed by atoms with Crippen molar-refractivity contribution in [1.82, 2.24) is 20.1 Å². The summed E-state index contributed by atoms with van der Waals surface area (Å²) in [5, 5.41) is 5.89. The molecule has 3 rings (SSSR count). The molecule has 1 aromatic heterocycles. The van der Waals surface area contributed by atoms with E-state index in [0.717, 1.165) is 5.56 Å². The number of carbonyl (C=O) groups excluding carboxylic acids is 3. The van der Waals surface area contributed by atoms with Gasteiger partial charge in [-0.3, -0.25) is 14.4 Å². The summed E-state index contributed by atoms with van der Waals surface area (Å²) in [5.74, 6) is -0.378. The lowest BCUT2D eigenvalue weighted by Crippen LogP contribution is -2.36. The zero-order chi connectivity index (χ0) is 21.3. The fourth-order valence-electron chi connectivity index (χ4n) is 3.74. The molecule has 0 aliphatic carbocycles. The van der Waals surface area contributed by atoms with Gasteiger partial charge in [0.25, 0.3) is 5.91 Å². The molecular formula is C23H30N4O3. The minimum absolute atomic E-state index is 0.00680. The molecule has 1 fully saturated rings. The Balaban J connectivity index is 1.61. The average molecular weight is 411 g/mol. The van der Waals surface area contributed by atoms with Crippen molar-refractivity contribution in [2.24, 2.45) is 13.0 Å². The highest BCUT2D eigenvalue weighted by atomic mass is 16.2. The Kier molecular flexibility index (Phi) is 7.65. The van der Waals surface area contributed by atoms with Gasteiger partial charge in [0.05, 0.1) is 0 Å². The monoisotopic (exact) mass is 410 g/mol. The zero-order valence-corrected chi connectivity index (χ0v) is 17.5. The van der Waals surface area contributed by atoms with Crippen LogP contribution in [0.3, 0.4) is 0 Å². The van der Waals surface area contributed by atoms with Gasteiger partial charge in [0.2, 0.25) is 11.8 Å². The molecule has 1 unspecified atom stereocenters. The van der Waals surface area contributed by atoms with Gasteiger partial charge >= 0.3 is 0 Å². The molecule has 0 radical (unpaired) electrons. The summed E-state index contributed by atoms with van der Waals surface area (Å²) < 4.78 is 1.79. The predicted molar refractivity (Wildman–Crippen MR) is 115 cm³/mol. The van der Waals surface area contributed by atoms with Gasteiger partial charge in [0.15, 0.2) is 0 Å². The standard InChI is InChI=1S/C23H30N4O3/c1-26-14-6-10-20(26)23(30)27-15-5-9-19(11-13-24-21(28)12-16-27)22(29)25-17-18-7-3-2-4-8-18/h2-4,6-8,10,14,19H,5,9,11-13,15-17H2,1H3,(H,24,28)(H,25,29).